The second-order valence-corrected chi connectivity index (χ2v) is 6.10. The average molecular weight is 295 g/mol. The Bertz CT molecular complexity index is 488. The largest absolute Gasteiger partial charge is 0.478 e. The average Bonchev–Trinajstić information content (AvgIpc) is 2.40. The Labute approximate surface area is 124 Å². The molecule has 0 aliphatic rings. The van der Waals surface area contributed by atoms with E-state index < -0.39 is 5.97 Å². The number of benzene rings is 1. The first-order valence-electron chi connectivity index (χ1n) is 6.74. The zero-order chi connectivity index (χ0) is 15.1. The third-order valence-electron chi connectivity index (χ3n) is 2.95. The highest BCUT2D eigenvalue weighted by Gasteiger charge is 2.15. The maximum Gasteiger partial charge on any atom is 0.335 e. The number of carbonyl (C=O) groups excluding carboxylic acids is 1. The van der Waals surface area contributed by atoms with E-state index in [2.05, 4.69) is 12.2 Å². The molecular weight excluding hydrogens is 274 g/mol. The number of carbonyl (C=O) groups is 2. The van der Waals surface area contributed by atoms with Crippen molar-refractivity contribution in [1.29, 1.82) is 0 Å². The Morgan fingerprint density at radius 1 is 1.40 bits per heavy atom. The molecule has 0 radical (unpaired) electrons. The SMILES string of the molecule is CCCCNC(=O)C(C)Sc1ccc(C)c(C(=O)O)c1. The number of unbranched alkanes of at least 4 members (excludes halogenated alkanes) is 1. The summed E-state index contributed by atoms with van der Waals surface area (Å²) in [6, 6.07) is 5.24. The minimum atomic E-state index is -0.940. The van der Waals surface area contributed by atoms with Crippen LogP contribution >= 0.6 is 11.8 Å². The summed E-state index contributed by atoms with van der Waals surface area (Å²) in [5, 5.41) is 11.7. The number of thioether (sulfide) groups is 1. The van der Waals surface area contributed by atoms with Gasteiger partial charge in [-0.3, -0.25) is 4.79 Å². The molecule has 1 unspecified atom stereocenters. The molecule has 1 amide bonds. The Hall–Kier alpha value is -1.49. The van der Waals surface area contributed by atoms with Gasteiger partial charge < -0.3 is 10.4 Å². The fourth-order valence-corrected chi connectivity index (χ4v) is 2.63. The van der Waals surface area contributed by atoms with Gasteiger partial charge in [0, 0.05) is 11.4 Å². The van der Waals surface area contributed by atoms with Gasteiger partial charge in [-0.05, 0) is 38.0 Å². The van der Waals surface area contributed by atoms with Crippen LogP contribution in [0, 0.1) is 6.92 Å². The number of hydrogen-bond donors (Lipinski definition) is 2. The molecule has 5 heteroatoms. The first-order chi connectivity index (χ1) is 9.45. The van der Waals surface area contributed by atoms with Gasteiger partial charge in [0.2, 0.25) is 5.91 Å². The molecular formula is C15H21NO3S. The molecule has 0 saturated heterocycles. The molecule has 1 aromatic carbocycles. The number of carboxylic acids is 1. The van der Waals surface area contributed by atoms with Gasteiger partial charge >= 0.3 is 5.97 Å². The minimum Gasteiger partial charge on any atom is -0.478 e. The molecule has 0 saturated carbocycles. The van der Waals surface area contributed by atoms with Gasteiger partial charge in [-0.25, -0.2) is 4.79 Å². The number of amides is 1. The van der Waals surface area contributed by atoms with Crippen LogP contribution in [-0.2, 0) is 4.79 Å². The molecule has 4 nitrogen and oxygen atoms in total. The first kappa shape index (κ1) is 16.6. The molecule has 0 fully saturated rings. The van der Waals surface area contributed by atoms with Gasteiger partial charge in [-0.1, -0.05) is 19.4 Å². The summed E-state index contributed by atoms with van der Waals surface area (Å²) in [5.74, 6) is -0.953. The van der Waals surface area contributed by atoms with Crippen LogP contribution in [0.15, 0.2) is 23.1 Å². The van der Waals surface area contributed by atoms with Crippen LogP contribution in [0.5, 0.6) is 0 Å². The summed E-state index contributed by atoms with van der Waals surface area (Å²) in [6.07, 6.45) is 2.01. The third kappa shape index (κ3) is 4.89. The Balaban J connectivity index is 2.66. The Morgan fingerprint density at radius 2 is 2.10 bits per heavy atom. The van der Waals surface area contributed by atoms with E-state index in [0.29, 0.717) is 6.54 Å². The quantitative estimate of drug-likeness (QED) is 0.599. The van der Waals surface area contributed by atoms with Crippen molar-refractivity contribution >= 4 is 23.6 Å². The Kier molecular flexibility index (Phi) is 6.58. The number of nitrogens with one attached hydrogen (secondary N) is 1. The van der Waals surface area contributed by atoms with E-state index in [1.165, 1.54) is 11.8 Å². The van der Waals surface area contributed by atoms with Crippen LogP contribution in [0.4, 0.5) is 0 Å². The van der Waals surface area contributed by atoms with Gasteiger partial charge in [0.05, 0.1) is 10.8 Å². The summed E-state index contributed by atoms with van der Waals surface area (Å²) < 4.78 is 0. The first-order valence-corrected chi connectivity index (χ1v) is 7.62. The van der Waals surface area contributed by atoms with Crippen LogP contribution in [0.1, 0.15) is 42.6 Å². The molecule has 0 aromatic heterocycles. The predicted molar refractivity (Wildman–Crippen MR) is 81.4 cm³/mol. The van der Waals surface area contributed by atoms with Crippen molar-refractivity contribution in [3.05, 3.63) is 29.3 Å². The molecule has 1 rings (SSSR count). The van der Waals surface area contributed by atoms with Crippen LogP contribution < -0.4 is 5.32 Å². The fraction of sp³-hybridized carbons (Fsp3) is 0.467. The highest BCUT2D eigenvalue weighted by Crippen LogP contribution is 2.25. The van der Waals surface area contributed by atoms with Crippen molar-refractivity contribution in [2.24, 2.45) is 0 Å². The van der Waals surface area contributed by atoms with Crippen LogP contribution in [-0.4, -0.2) is 28.8 Å². The number of carboxylic acid groups (broad SMARTS) is 1. The van der Waals surface area contributed by atoms with Crippen LogP contribution in [0.3, 0.4) is 0 Å². The maximum absolute atomic E-state index is 11.9. The second-order valence-electron chi connectivity index (χ2n) is 4.69. The smallest absolute Gasteiger partial charge is 0.335 e. The standard InChI is InChI=1S/C15H21NO3S/c1-4-5-8-16-14(17)11(3)20-12-7-6-10(2)13(9-12)15(18)19/h6-7,9,11H,4-5,8H2,1-3H3,(H,16,17)(H,18,19). The van der Waals surface area contributed by atoms with E-state index in [4.69, 9.17) is 5.11 Å². The molecule has 1 atom stereocenters. The van der Waals surface area contributed by atoms with Crippen molar-refractivity contribution in [1.82, 2.24) is 5.32 Å². The molecule has 1 aromatic rings. The van der Waals surface area contributed by atoms with E-state index in [9.17, 15) is 9.59 Å². The van der Waals surface area contributed by atoms with Crippen molar-refractivity contribution in [2.75, 3.05) is 6.54 Å². The summed E-state index contributed by atoms with van der Waals surface area (Å²) in [5.41, 5.74) is 1.01. The van der Waals surface area contributed by atoms with Crippen LogP contribution in [0.2, 0.25) is 0 Å². The lowest BCUT2D eigenvalue weighted by Crippen LogP contribution is -2.31. The normalized spacial score (nSPS) is 11.9. The molecule has 20 heavy (non-hydrogen) atoms. The number of aryl methyl sites for hydroxylation is 1. The monoisotopic (exact) mass is 295 g/mol. The zero-order valence-corrected chi connectivity index (χ0v) is 12.9. The lowest BCUT2D eigenvalue weighted by Gasteiger charge is -2.12. The number of hydrogen-bond acceptors (Lipinski definition) is 3. The molecule has 0 spiro atoms. The number of aromatic carboxylic acids is 1. The zero-order valence-electron chi connectivity index (χ0n) is 12.1. The highest BCUT2D eigenvalue weighted by molar-refractivity contribution is 8.00. The van der Waals surface area contributed by atoms with E-state index in [1.807, 2.05) is 13.0 Å². The summed E-state index contributed by atoms with van der Waals surface area (Å²) >= 11 is 1.37. The van der Waals surface area contributed by atoms with Gasteiger partial charge in [-0.2, -0.15) is 0 Å². The van der Waals surface area contributed by atoms with E-state index in [0.717, 1.165) is 23.3 Å². The number of rotatable bonds is 7. The van der Waals surface area contributed by atoms with E-state index in [-0.39, 0.29) is 16.7 Å². The van der Waals surface area contributed by atoms with Crippen molar-refractivity contribution in [2.45, 2.75) is 43.8 Å². The van der Waals surface area contributed by atoms with Crippen molar-refractivity contribution in [3.63, 3.8) is 0 Å². The molecule has 0 bridgehead atoms. The summed E-state index contributed by atoms with van der Waals surface area (Å²) in [4.78, 5) is 23.7. The highest BCUT2D eigenvalue weighted by atomic mass is 32.2. The fourth-order valence-electron chi connectivity index (χ4n) is 1.69. The Morgan fingerprint density at radius 3 is 2.70 bits per heavy atom. The van der Waals surface area contributed by atoms with Gasteiger partial charge in [-0.15, -0.1) is 11.8 Å². The molecule has 2 N–H and O–H groups in total. The maximum atomic E-state index is 11.9. The van der Waals surface area contributed by atoms with E-state index >= 15 is 0 Å². The predicted octanol–water partition coefficient (Wildman–Crippen LogP) is 3.09. The molecule has 0 aliphatic carbocycles. The molecule has 0 heterocycles. The van der Waals surface area contributed by atoms with E-state index in [1.54, 1.807) is 19.1 Å². The molecule has 110 valence electrons. The van der Waals surface area contributed by atoms with Gasteiger partial charge in [0.15, 0.2) is 0 Å². The van der Waals surface area contributed by atoms with Crippen molar-refractivity contribution < 1.29 is 14.7 Å². The van der Waals surface area contributed by atoms with Gasteiger partial charge in [0.1, 0.15) is 0 Å². The van der Waals surface area contributed by atoms with Crippen molar-refractivity contribution in [3.8, 4) is 0 Å². The summed E-state index contributed by atoms with van der Waals surface area (Å²) in [6.45, 7) is 6.35. The molecule has 0 aliphatic heterocycles. The third-order valence-corrected chi connectivity index (χ3v) is 4.04. The van der Waals surface area contributed by atoms with Gasteiger partial charge in [0.25, 0.3) is 0 Å². The van der Waals surface area contributed by atoms with Crippen LogP contribution in [0.25, 0.3) is 0 Å². The minimum absolute atomic E-state index is 0.0131. The lowest BCUT2D eigenvalue weighted by atomic mass is 10.1. The topological polar surface area (TPSA) is 66.4 Å². The summed E-state index contributed by atoms with van der Waals surface area (Å²) in [7, 11) is 0. The lowest BCUT2D eigenvalue weighted by molar-refractivity contribution is -0.120. The second kappa shape index (κ2) is 7.94.